The molecule has 2 N–H and O–H groups in total. The van der Waals surface area contributed by atoms with E-state index in [0.29, 0.717) is 0 Å². The number of hydrogen-bond donors (Lipinski definition) is 2. The van der Waals surface area contributed by atoms with Crippen LogP contribution in [-0.2, 0) is 0 Å². The summed E-state index contributed by atoms with van der Waals surface area (Å²) in [5.74, 6) is -2.70. The van der Waals surface area contributed by atoms with Gasteiger partial charge in [0, 0.05) is 0 Å². The maximum absolute atomic E-state index is 13.2. The molecule has 0 spiro atoms. The third kappa shape index (κ3) is 3.20. The largest absolute Gasteiger partial charge is 0.436 e. The van der Waals surface area contributed by atoms with Gasteiger partial charge in [-0.25, -0.2) is 10.3 Å². The normalized spacial score (nSPS) is 20.7. The molecule has 0 aromatic rings. The minimum atomic E-state index is -6.69. The Balaban J connectivity index is 3.89. The Hall–Kier alpha value is -1.32. The van der Waals surface area contributed by atoms with Crippen molar-refractivity contribution in [1.29, 1.82) is 0 Å². The third-order valence-corrected chi connectivity index (χ3v) is 3.64. The van der Waals surface area contributed by atoms with Crippen molar-refractivity contribution in [2.75, 3.05) is 0 Å². The molecule has 26 heavy (non-hydrogen) atoms. The van der Waals surface area contributed by atoms with E-state index >= 15 is 0 Å². The quantitative estimate of drug-likeness (QED) is 0.489. The molecule has 152 valence electrons. The minimum Gasteiger partial charge on any atom is -0.336 e. The summed E-state index contributed by atoms with van der Waals surface area (Å²) in [6.07, 6.45) is -27.2. The number of halogens is 12. The number of rotatable bonds is 1. The molecule has 0 aliphatic carbocycles. The van der Waals surface area contributed by atoms with Gasteiger partial charge in [-0.1, -0.05) is 19.1 Å². The molecule has 0 fully saturated rings. The molecule has 1 aliphatic heterocycles. The summed E-state index contributed by atoms with van der Waals surface area (Å²) in [6.45, 7) is 1.09. The monoisotopic (exact) mass is 429 g/mol. The highest BCUT2D eigenvalue weighted by atomic mass is 32.1. The fraction of sp³-hybridized carbons (Fsp3) is 0.800. The Kier molecular flexibility index (Phi) is 5.33. The highest BCUT2D eigenvalue weighted by Gasteiger charge is 2.86. The van der Waals surface area contributed by atoms with Gasteiger partial charge in [-0.15, -0.1) is 0 Å². The maximum Gasteiger partial charge on any atom is 0.436 e. The average molecular weight is 429 g/mol. The number of thiocarbonyl (C=S) groups is 1. The number of aliphatic imine (C=N–C) groups is 1. The molecule has 0 unspecified atom stereocenters. The fourth-order valence-electron chi connectivity index (χ4n) is 1.95. The zero-order valence-electron chi connectivity index (χ0n) is 12.1. The van der Waals surface area contributed by atoms with E-state index in [1.54, 1.807) is 4.99 Å². The van der Waals surface area contributed by atoms with Crippen molar-refractivity contribution >= 4 is 23.0 Å². The van der Waals surface area contributed by atoms with Crippen molar-refractivity contribution in [3.05, 3.63) is 0 Å². The van der Waals surface area contributed by atoms with E-state index in [1.807, 2.05) is 0 Å². The standard InChI is InChI=1S/C10H7F12N3S/c1-2-3(26)23-4-5(7(11,12)13,8(14,15)16)25-6(24-4,9(17,18)19)10(20,21)22/h25H,2H2,1H3,(H,23,24,26). The molecule has 0 aromatic heterocycles. The van der Waals surface area contributed by atoms with Crippen LogP contribution in [0.5, 0.6) is 0 Å². The van der Waals surface area contributed by atoms with Crippen molar-refractivity contribution in [3.63, 3.8) is 0 Å². The van der Waals surface area contributed by atoms with Crippen LogP contribution in [0, 0.1) is 0 Å². The number of nitrogens with one attached hydrogen (secondary N) is 2. The van der Waals surface area contributed by atoms with Crippen molar-refractivity contribution in [1.82, 2.24) is 10.6 Å². The zero-order valence-corrected chi connectivity index (χ0v) is 12.9. The molecule has 0 saturated carbocycles. The lowest BCUT2D eigenvalue weighted by molar-refractivity contribution is -0.333. The van der Waals surface area contributed by atoms with Crippen LogP contribution in [0.25, 0.3) is 0 Å². The summed E-state index contributed by atoms with van der Waals surface area (Å²) in [5.41, 5.74) is -11.6. The van der Waals surface area contributed by atoms with Crippen LogP contribution in [0.15, 0.2) is 4.99 Å². The summed E-state index contributed by atoms with van der Waals surface area (Å²) >= 11 is 4.29. The lowest BCUT2D eigenvalue weighted by Gasteiger charge is -2.39. The van der Waals surface area contributed by atoms with Crippen LogP contribution in [0.1, 0.15) is 13.3 Å². The van der Waals surface area contributed by atoms with Gasteiger partial charge in [0.25, 0.3) is 5.54 Å². The smallest absolute Gasteiger partial charge is 0.336 e. The van der Waals surface area contributed by atoms with Gasteiger partial charge in [0.1, 0.15) is 5.84 Å². The molecule has 0 atom stereocenters. The molecule has 0 saturated heterocycles. The van der Waals surface area contributed by atoms with Gasteiger partial charge in [-0.2, -0.15) is 52.7 Å². The molecule has 0 bridgehead atoms. The predicted octanol–water partition coefficient (Wildman–Crippen LogP) is 4.00. The van der Waals surface area contributed by atoms with Crippen molar-refractivity contribution < 1.29 is 52.7 Å². The van der Waals surface area contributed by atoms with Gasteiger partial charge in [-0.05, 0) is 6.42 Å². The van der Waals surface area contributed by atoms with Crippen LogP contribution in [0.3, 0.4) is 0 Å². The van der Waals surface area contributed by atoms with E-state index in [9.17, 15) is 52.7 Å². The summed E-state index contributed by atoms with van der Waals surface area (Å²) in [7, 11) is 0. The van der Waals surface area contributed by atoms with Crippen LogP contribution >= 0.6 is 12.2 Å². The van der Waals surface area contributed by atoms with Crippen molar-refractivity contribution in [3.8, 4) is 0 Å². The molecule has 16 heteroatoms. The summed E-state index contributed by atoms with van der Waals surface area (Å²) in [5, 5.41) is 0.742. The zero-order chi connectivity index (χ0) is 21.0. The molecular weight excluding hydrogens is 422 g/mol. The fourth-order valence-corrected chi connectivity index (χ4v) is 2.05. The molecule has 1 heterocycles. The molecule has 1 rings (SSSR count). The van der Waals surface area contributed by atoms with E-state index < -0.39 is 53.2 Å². The Bertz CT molecular complexity index is 568. The average Bonchev–Trinajstić information content (AvgIpc) is 2.74. The van der Waals surface area contributed by atoms with E-state index in [2.05, 4.69) is 12.2 Å². The molecule has 0 amide bonds. The second-order valence-electron chi connectivity index (χ2n) is 4.94. The summed E-state index contributed by atoms with van der Waals surface area (Å²) < 4.78 is 157. The van der Waals surface area contributed by atoms with E-state index in [-0.39, 0.29) is 5.32 Å². The lowest BCUT2D eigenvalue weighted by Crippen LogP contribution is -2.77. The molecule has 0 radical (unpaired) electrons. The number of nitrogens with zero attached hydrogens (tertiary/aromatic N) is 1. The number of alkyl halides is 12. The van der Waals surface area contributed by atoms with Crippen LogP contribution in [0.2, 0.25) is 0 Å². The highest BCUT2D eigenvalue weighted by molar-refractivity contribution is 7.80. The van der Waals surface area contributed by atoms with Gasteiger partial charge in [-0.3, -0.25) is 0 Å². The van der Waals surface area contributed by atoms with Gasteiger partial charge >= 0.3 is 30.4 Å². The predicted molar refractivity (Wildman–Crippen MR) is 66.3 cm³/mol. The number of hydrogen-bond acceptors (Lipinski definition) is 3. The first-order valence-corrected chi connectivity index (χ1v) is 6.64. The summed E-state index contributed by atoms with van der Waals surface area (Å²) in [4.78, 5) is 0.868. The van der Waals surface area contributed by atoms with Crippen LogP contribution < -0.4 is 10.6 Å². The minimum absolute atomic E-state index is 0.368. The van der Waals surface area contributed by atoms with E-state index in [0.717, 1.165) is 12.2 Å². The Morgan fingerprint density at radius 3 is 1.54 bits per heavy atom. The Labute approximate surface area is 141 Å². The second-order valence-corrected chi connectivity index (χ2v) is 5.43. The SMILES string of the molecule is CCC(=S)NC1=NC(C(F)(F)F)(C(F)(F)F)NC1(C(F)(F)F)C(F)(F)F. The second kappa shape index (κ2) is 6.10. The topological polar surface area (TPSA) is 36.4 Å². The van der Waals surface area contributed by atoms with Gasteiger partial charge in [0.05, 0.1) is 4.99 Å². The lowest BCUT2D eigenvalue weighted by atomic mass is 9.95. The van der Waals surface area contributed by atoms with Crippen molar-refractivity contribution in [2.45, 2.75) is 49.3 Å². The first-order valence-electron chi connectivity index (χ1n) is 6.23. The van der Waals surface area contributed by atoms with Crippen molar-refractivity contribution in [2.24, 2.45) is 4.99 Å². The first-order chi connectivity index (χ1) is 11.3. The van der Waals surface area contributed by atoms with E-state index in [1.165, 1.54) is 0 Å². The molecular formula is C10H7F12N3S. The molecule has 3 nitrogen and oxygen atoms in total. The number of amidine groups is 1. The Morgan fingerprint density at radius 1 is 0.885 bits per heavy atom. The first kappa shape index (κ1) is 22.7. The highest BCUT2D eigenvalue weighted by Crippen LogP contribution is 2.55. The van der Waals surface area contributed by atoms with Gasteiger partial charge in [0.2, 0.25) is 0 Å². The summed E-state index contributed by atoms with van der Waals surface area (Å²) in [6, 6.07) is 0. The van der Waals surface area contributed by atoms with Gasteiger partial charge < -0.3 is 5.32 Å². The van der Waals surface area contributed by atoms with Crippen LogP contribution in [-0.4, -0.2) is 46.7 Å². The van der Waals surface area contributed by atoms with Crippen LogP contribution in [0.4, 0.5) is 52.7 Å². The van der Waals surface area contributed by atoms with E-state index in [4.69, 9.17) is 0 Å². The van der Waals surface area contributed by atoms with Gasteiger partial charge in [0.15, 0.2) is 0 Å². The Morgan fingerprint density at radius 2 is 1.27 bits per heavy atom. The molecule has 0 aromatic carbocycles. The maximum atomic E-state index is 13.2. The third-order valence-electron chi connectivity index (χ3n) is 3.25. The molecule has 1 aliphatic rings.